The van der Waals surface area contributed by atoms with Crippen molar-refractivity contribution in [3.05, 3.63) is 28.2 Å². The fourth-order valence-corrected chi connectivity index (χ4v) is 4.04. The van der Waals surface area contributed by atoms with Crippen LogP contribution in [0.4, 0.5) is 0 Å². The molecule has 1 aromatic rings. The molecule has 3 heteroatoms. The Morgan fingerprint density at radius 3 is 2.71 bits per heavy atom. The van der Waals surface area contributed by atoms with Gasteiger partial charge in [0.2, 0.25) is 0 Å². The third-order valence-electron chi connectivity index (χ3n) is 5.07. The Balaban J connectivity index is 2.14. The molecule has 118 valence electrons. The lowest BCUT2D eigenvalue weighted by Crippen LogP contribution is -2.40. The number of hydrogen-bond acceptors (Lipinski definition) is 2. The van der Waals surface area contributed by atoms with E-state index in [0.717, 1.165) is 24.0 Å². The molecule has 1 saturated carbocycles. The maximum Gasteiger partial charge on any atom is 0.119 e. The van der Waals surface area contributed by atoms with E-state index in [9.17, 15) is 0 Å². The van der Waals surface area contributed by atoms with Gasteiger partial charge in [-0.25, -0.2) is 0 Å². The molecule has 1 aromatic carbocycles. The topological polar surface area (TPSA) is 21.3 Å². The lowest BCUT2D eigenvalue weighted by Gasteiger charge is -2.38. The first-order chi connectivity index (χ1) is 10.0. The van der Waals surface area contributed by atoms with Crippen LogP contribution >= 0.6 is 15.9 Å². The van der Waals surface area contributed by atoms with E-state index in [1.165, 1.54) is 29.3 Å². The second kappa shape index (κ2) is 7.64. The van der Waals surface area contributed by atoms with Crippen molar-refractivity contribution >= 4 is 15.9 Å². The first-order valence-corrected chi connectivity index (χ1v) is 8.84. The summed E-state index contributed by atoms with van der Waals surface area (Å²) in [5.41, 5.74) is 1.36. The van der Waals surface area contributed by atoms with Gasteiger partial charge in [0.05, 0.1) is 7.11 Å². The van der Waals surface area contributed by atoms with Crippen LogP contribution in [0.5, 0.6) is 5.75 Å². The zero-order valence-electron chi connectivity index (χ0n) is 13.7. The lowest BCUT2D eigenvalue weighted by molar-refractivity contribution is 0.172. The largest absolute Gasteiger partial charge is 0.497 e. The minimum absolute atomic E-state index is 0.637. The summed E-state index contributed by atoms with van der Waals surface area (Å²) in [6, 6.07) is 6.93. The van der Waals surface area contributed by atoms with Crippen molar-refractivity contribution in [3.63, 3.8) is 0 Å². The average molecular weight is 354 g/mol. The second-order valence-electron chi connectivity index (χ2n) is 6.63. The van der Waals surface area contributed by atoms with E-state index in [1.807, 2.05) is 6.07 Å². The van der Waals surface area contributed by atoms with Gasteiger partial charge in [0, 0.05) is 10.5 Å². The predicted octanol–water partition coefficient (Wildman–Crippen LogP) is 4.66. The summed E-state index contributed by atoms with van der Waals surface area (Å²) in [6.07, 6.45) is 5.10. The molecule has 21 heavy (non-hydrogen) atoms. The zero-order chi connectivity index (χ0) is 15.4. The van der Waals surface area contributed by atoms with Gasteiger partial charge in [-0.15, -0.1) is 0 Å². The maximum atomic E-state index is 5.38. The number of rotatable bonds is 5. The molecule has 3 atom stereocenters. The van der Waals surface area contributed by atoms with Crippen molar-refractivity contribution in [3.8, 4) is 5.75 Å². The average Bonchev–Trinajstić information content (AvgIpc) is 2.49. The molecule has 0 saturated heterocycles. The summed E-state index contributed by atoms with van der Waals surface area (Å²) in [5.74, 6) is 3.31. The van der Waals surface area contributed by atoms with Gasteiger partial charge in [-0.05, 0) is 74.2 Å². The number of halogens is 1. The van der Waals surface area contributed by atoms with Crippen LogP contribution in [-0.2, 0) is 6.42 Å². The summed E-state index contributed by atoms with van der Waals surface area (Å²) in [5, 5.41) is 3.54. The van der Waals surface area contributed by atoms with Crippen molar-refractivity contribution in [2.24, 2.45) is 17.8 Å². The molecule has 0 aliphatic heterocycles. The minimum Gasteiger partial charge on any atom is -0.497 e. The van der Waals surface area contributed by atoms with Crippen molar-refractivity contribution in [1.29, 1.82) is 0 Å². The third-order valence-corrected chi connectivity index (χ3v) is 5.85. The van der Waals surface area contributed by atoms with Crippen LogP contribution < -0.4 is 10.1 Å². The maximum absolute atomic E-state index is 5.38. The smallest absolute Gasteiger partial charge is 0.119 e. The molecule has 0 heterocycles. The van der Waals surface area contributed by atoms with E-state index < -0.39 is 0 Å². The molecule has 0 radical (unpaired) electrons. The van der Waals surface area contributed by atoms with Crippen LogP contribution in [0.25, 0.3) is 0 Å². The molecule has 0 aromatic heterocycles. The minimum atomic E-state index is 0.637. The molecule has 3 unspecified atom stereocenters. The Hall–Kier alpha value is -0.540. The van der Waals surface area contributed by atoms with Crippen LogP contribution in [0.3, 0.4) is 0 Å². The Labute approximate surface area is 137 Å². The predicted molar refractivity (Wildman–Crippen MR) is 92.9 cm³/mol. The van der Waals surface area contributed by atoms with Gasteiger partial charge in [0.25, 0.3) is 0 Å². The molecule has 0 spiro atoms. The third kappa shape index (κ3) is 4.23. The first kappa shape index (κ1) is 16.8. The Morgan fingerprint density at radius 2 is 2.10 bits per heavy atom. The van der Waals surface area contributed by atoms with Gasteiger partial charge in [-0.2, -0.15) is 0 Å². The highest BCUT2D eigenvalue weighted by atomic mass is 79.9. The Kier molecular flexibility index (Phi) is 6.12. The van der Waals surface area contributed by atoms with E-state index in [4.69, 9.17) is 4.74 Å². The van der Waals surface area contributed by atoms with E-state index in [0.29, 0.717) is 12.0 Å². The van der Waals surface area contributed by atoms with Gasteiger partial charge < -0.3 is 10.1 Å². The van der Waals surface area contributed by atoms with E-state index in [-0.39, 0.29) is 0 Å². The summed E-state index contributed by atoms with van der Waals surface area (Å²) < 4.78 is 6.57. The quantitative estimate of drug-likeness (QED) is 0.830. The number of methoxy groups -OCH3 is 1. The standard InChI is InChI=1S/C18H28BrNO/c1-12(2)13-5-8-18(20-3)15(9-13)10-14-11-16(21-4)6-7-17(14)19/h6-7,11-13,15,18,20H,5,8-10H2,1-4H3. The number of hydrogen-bond donors (Lipinski definition) is 1. The first-order valence-electron chi connectivity index (χ1n) is 8.04. The van der Waals surface area contributed by atoms with E-state index in [1.54, 1.807) is 7.11 Å². The summed E-state index contributed by atoms with van der Waals surface area (Å²) >= 11 is 3.70. The molecule has 0 amide bonds. The number of benzene rings is 1. The Bertz CT molecular complexity index is 461. The highest BCUT2D eigenvalue weighted by Gasteiger charge is 2.31. The molecular weight excluding hydrogens is 326 g/mol. The number of ether oxygens (including phenoxy) is 1. The van der Waals surface area contributed by atoms with Crippen molar-refractivity contribution in [2.75, 3.05) is 14.2 Å². The van der Waals surface area contributed by atoms with Crippen LogP contribution in [-0.4, -0.2) is 20.2 Å². The molecule has 0 bridgehead atoms. The second-order valence-corrected chi connectivity index (χ2v) is 7.49. The molecule has 1 fully saturated rings. The molecule has 2 rings (SSSR count). The Morgan fingerprint density at radius 1 is 1.33 bits per heavy atom. The van der Waals surface area contributed by atoms with Crippen LogP contribution in [0.2, 0.25) is 0 Å². The summed E-state index contributed by atoms with van der Waals surface area (Å²) in [6.45, 7) is 4.73. The van der Waals surface area contributed by atoms with Gasteiger partial charge >= 0.3 is 0 Å². The van der Waals surface area contributed by atoms with Crippen molar-refractivity contribution in [2.45, 2.75) is 45.6 Å². The van der Waals surface area contributed by atoms with Crippen molar-refractivity contribution in [1.82, 2.24) is 5.32 Å². The van der Waals surface area contributed by atoms with Crippen LogP contribution in [0.1, 0.15) is 38.7 Å². The van der Waals surface area contributed by atoms with Crippen LogP contribution in [0.15, 0.2) is 22.7 Å². The zero-order valence-corrected chi connectivity index (χ0v) is 15.2. The molecule has 1 aliphatic carbocycles. The molecule has 1 N–H and O–H groups in total. The van der Waals surface area contributed by atoms with E-state index in [2.05, 4.69) is 54.3 Å². The van der Waals surface area contributed by atoms with Gasteiger partial charge in [0.1, 0.15) is 5.75 Å². The summed E-state index contributed by atoms with van der Waals surface area (Å²) in [4.78, 5) is 0. The normalized spacial score (nSPS) is 26.1. The van der Waals surface area contributed by atoms with Crippen molar-refractivity contribution < 1.29 is 4.74 Å². The van der Waals surface area contributed by atoms with Gasteiger partial charge in [-0.3, -0.25) is 0 Å². The van der Waals surface area contributed by atoms with Gasteiger partial charge in [0.15, 0.2) is 0 Å². The van der Waals surface area contributed by atoms with Crippen LogP contribution in [0, 0.1) is 17.8 Å². The monoisotopic (exact) mass is 353 g/mol. The fraction of sp³-hybridized carbons (Fsp3) is 0.667. The number of nitrogens with one attached hydrogen (secondary N) is 1. The SMILES string of the molecule is CNC1CCC(C(C)C)CC1Cc1cc(OC)ccc1Br. The highest BCUT2D eigenvalue weighted by molar-refractivity contribution is 9.10. The fourth-order valence-electron chi connectivity index (χ4n) is 3.63. The molecular formula is C18H28BrNO. The molecule has 2 nitrogen and oxygen atoms in total. The highest BCUT2D eigenvalue weighted by Crippen LogP contribution is 2.37. The van der Waals surface area contributed by atoms with Gasteiger partial charge in [-0.1, -0.05) is 29.8 Å². The lowest BCUT2D eigenvalue weighted by atomic mass is 9.72. The summed E-state index contributed by atoms with van der Waals surface area (Å²) in [7, 11) is 3.84. The van der Waals surface area contributed by atoms with E-state index >= 15 is 0 Å². The molecule has 1 aliphatic rings.